The SMILES string of the molecule is Cc1cc(NCc2cccc(F)c2O)ccc1Br. The molecule has 18 heavy (non-hydrogen) atoms. The summed E-state index contributed by atoms with van der Waals surface area (Å²) in [6.07, 6.45) is 0. The van der Waals surface area contributed by atoms with E-state index in [9.17, 15) is 9.50 Å². The van der Waals surface area contributed by atoms with Gasteiger partial charge < -0.3 is 10.4 Å². The minimum atomic E-state index is -0.596. The lowest BCUT2D eigenvalue weighted by molar-refractivity contribution is 0.427. The summed E-state index contributed by atoms with van der Waals surface area (Å²) in [5.74, 6) is -0.889. The predicted molar refractivity (Wildman–Crippen MR) is 74.3 cm³/mol. The van der Waals surface area contributed by atoms with E-state index in [1.54, 1.807) is 12.1 Å². The van der Waals surface area contributed by atoms with Crippen molar-refractivity contribution in [1.29, 1.82) is 0 Å². The standard InChI is InChI=1S/C14H13BrFNO/c1-9-7-11(5-6-12(9)15)17-8-10-3-2-4-13(16)14(10)18/h2-7,17-18H,8H2,1H3. The van der Waals surface area contributed by atoms with Gasteiger partial charge in [-0.2, -0.15) is 0 Å². The van der Waals surface area contributed by atoms with Crippen molar-refractivity contribution in [2.45, 2.75) is 13.5 Å². The van der Waals surface area contributed by atoms with E-state index in [1.165, 1.54) is 6.07 Å². The van der Waals surface area contributed by atoms with Crippen molar-refractivity contribution in [3.63, 3.8) is 0 Å². The van der Waals surface area contributed by atoms with Gasteiger partial charge in [0.15, 0.2) is 11.6 Å². The smallest absolute Gasteiger partial charge is 0.165 e. The largest absolute Gasteiger partial charge is 0.505 e. The summed E-state index contributed by atoms with van der Waals surface area (Å²) in [5, 5.41) is 12.7. The Bertz CT molecular complexity index is 572. The van der Waals surface area contributed by atoms with Crippen molar-refractivity contribution in [3.8, 4) is 5.75 Å². The van der Waals surface area contributed by atoms with E-state index in [0.717, 1.165) is 15.7 Å². The molecule has 0 fully saturated rings. The Morgan fingerprint density at radius 1 is 1.28 bits per heavy atom. The topological polar surface area (TPSA) is 32.3 Å². The maximum atomic E-state index is 13.1. The molecule has 0 saturated heterocycles. The van der Waals surface area contributed by atoms with Gasteiger partial charge in [-0.15, -0.1) is 0 Å². The fourth-order valence-corrected chi connectivity index (χ4v) is 1.90. The molecule has 0 saturated carbocycles. The van der Waals surface area contributed by atoms with Crippen LogP contribution in [0.1, 0.15) is 11.1 Å². The Morgan fingerprint density at radius 3 is 2.78 bits per heavy atom. The number of nitrogens with one attached hydrogen (secondary N) is 1. The van der Waals surface area contributed by atoms with Crippen molar-refractivity contribution >= 4 is 21.6 Å². The van der Waals surface area contributed by atoms with Gasteiger partial charge in [-0.05, 0) is 36.8 Å². The molecule has 2 N–H and O–H groups in total. The summed E-state index contributed by atoms with van der Waals surface area (Å²) in [5.41, 5.74) is 2.58. The molecule has 0 spiro atoms. The first kappa shape index (κ1) is 12.9. The molecule has 2 rings (SSSR count). The van der Waals surface area contributed by atoms with Gasteiger partial charge in [-0.3, -0.25) is 0 Å². The molecule has 0 heterocycles. The van der Waals surface area contributed by atoms with Gasteiger partial charge in [0.2, 0.25) is 0 Å². The van der Waals surface area contributed by atoms with Crippen LogP contribution in [0, 0.1) is 12.7 Å². The predicted octanol–water partition coefficient (Wildman–Crippen LogP) is 4.21. The summed E-state index contributed by atoms with van der Waals surface area (Å²) in [6.45, 7) is 2.37. The Hall–Kier alpha value is -1.55. The number of hydrogen-bond acceptors (Lipinski definition) is 2. The van der Waals surface area contributed by atoms with E-state index in [4.69, 9.17) is 0 Å². The van der Waals surface area contributed by atoms with Crippen LogP contribution in [0.5, 0.6) is 5.75 Å². The van der Waals surface area contributed by atoms with Crippen LogP contribution < -0.4 is 5.32 Å². The number of phenols is 1. The first-order valence-corrected chi connectivity index (χ1v) is 6.33. The quantitative estimate of drug-likeness (QED) is 0.890. The molecule has 2 nitrogen and oxygen atoms in total. The fourth-order valence-electron chi connectivity index (χ4n) is 1.65. The number of anilines is 1. The highest BCUT2D eigenvalue weighted by Crippen LogP contribution is 2.23. The number of para-hydroxylation sites is 1. The van der Waals surface area contributed by atoms with Crippen LogP contribution in [-0.2, 0) is 6.54 Å². The molecule has 0 aromatic heterocycles. The summed E-state index contributed by atoms with van der Waals surface area (Å²) in [4.78, 5) is 0. The van der Waals surface area contributed by atoms with Crippen LogP contribution in [0.4, 0.5) is 10.1 Å². The van der Waals surface area contributed by atoms with Gasteiger partial charge in [0.1, 0.15) is 0 Å². The van der Waals surface area contributed by atoms with Crippen LogP contribution >= 0.6 is 15.9 Å². The molecule has 0 aliphatic heterocycles. The molecule has 0 radical (unpaired) electrons. The van der Waals surface area contributed by atoms with E-state index in [1.807, 2.05) is 25.1 Å². The number of phenolic OH excluding ortho intramolecular Hbond substituents is 1. The highest BCUT2D eigenvalue weighted by Gasteiger charge is 2.06. The second-order valence-corrected chi connectivity index (χ2v) is 4.92. The van der Waals surface area contributed by atoms with E-state index < -0.39 is 5.82 Å². The normalized spacial score (nSPS) is 10.4. The summed E-state index contributed by atoms with van der Waals surface area (Å²) >= 11 is 3.43. The van der Waals surface area contributed by atoms with Crippen LogP contribution in [0.2, 0.25) is 0 Å². The Balaban J connectivity index is 2.11. The van der Waals surface area contributed by atoms with E-state index >= 15 is 0 Å². The fraction of sp³-hybridized carbons (Fsp3) is 0.143. The third-order valence-corrected chi connectivity index (χ3v) is 3.60. The molecule has 0 aliphatic carbocycles. The average molecular weight is 310 g/mol. The Kier molecular flexibility index (Phi) is 3.87. The number of rotatable bonds is 3. The second kappa shape index (κ2) is 5.40. The number of benzene rings is 2. The van der Waals surface area contributed by atoms with E-state index in [2.05, 4.69) is 21.2 Å². The molecule has 0 unspecified atom stereocenters. The van der Waals surface area contributed by atoms with Gasteiger partial charge in [-0.25, -0.2) is 4.39 Å². The monoisotopic (exact) mass is 309 g/mol. The second-order valence-electron chi connectivity index (χ2n) is 4.07. The molecular weight excluding hydrogens is 297 g/mol. The molecule has 2 aromatic carbocycles. The zero-order valence-corrected chi connectivity index (χ0v) is 11.5. The van der Waals surface area contributed by atoms with E-state index in [0.29, 0.717) is 12.1 Å². The molecule has 0 atom stereocenters. The third-order valence-electron chi connectivity index (χ3n) is 2.71. The summed E-state index contributed by atoms with van der Waals surface area (Å²) in [6, 6.07) is 10.4. The number of halogens is 2. The molecule has 94 valence electrons. The minimum absolute atomic E-state index is 0.293. The molecule has 2 aromatic rings. The summed E-state index contributed by atoms with van der Waals surface area (Å²) < 4.78 is 14.2. The Morgan fingerprint density at radius 2 is 2.06 bits per heavy atom. The van der Waals surface area contributed by atoms with E-state index in [-0.39, 0.29) is 5.75 Å². The van der Waals surface area contributed by atoms with Gasteiger partial charge >= 0.3 is 0 Å². The number of aromatic hydroxyl groups is 1. The van der Waals surface area contributed by atoms with Crippen LogP contribution in [0.25, 0.3) is 0 Å². The van der Waals surface area contributed by atoms with Crippen molar-refractivity contribution < 1.29 is 9.50 Å². The van der Waals surface area contributed by atoms with Gasteiger partial charge in [-0.1, -0.05) is 28.1 Å². The van der Waals surface area contributed by atoms with Crippen LogP contribution in [0.3, 0.4) is 0 Å². The van der Waals surface area contributed by atoms with Gasteiger partial charge in [0, 0.05) is 22.3 Å². The highest BCUT2D eigenvalue weighted by molar-refractivity contribution is 9.10. The molecule has 0 aliphatic rings. The van der Waals surface area contributed by atoms with Crippen LogP contribution in [0.15, 0.2) is 40.9 Å². The molecule has 4 heteroatoms. The molecule has 0 bridgehead atoms. The molecule has 0 amide bonds. The van der Waals surface area contributed by atoms with Crippen LogP contribution in [-0.4, -0.2) is 5.11 Å². The zero-order valence-electron chi connectivity index (χ0n) is 9.87. The first-order valence-electron chi connectivity index (χ1n) is 5.54. The Labute approximate surface area is 114 Å². The van der Waals surface area contributed by atoms with Crippen molar-refractivity contribution in [3.05, 3.63) is 57.8 Å². The molecular formula is C14H13BrFNO. The zero-order chi connectivity index (χ0) is 13.1. The van der Waals surface area contributed by atoms with Gasteiger partial charge in [0.25, 0.3) is 0 Å². The average Bonchev–Trinajstić information content (AvgIpc) is 2.35. The lowest BCUT2D eigenvalue weighted by Crippen LogP contribution is -2.00. The summed E-state index contributed by atoms with van der Waals surface area (Å²) in [7, 11) is 0. The number of hydrogen-bond donors (Lipinski definition) is 2. The van der Waals surface area contributed by atoms with Crippen molar-refractivity contribution in [1.82, 2.24) is 0 Å². The minimum Gasteiger partial charge on any atom is -0.505 e. The first-order chi connectivity index (χ1) is 8.58. The maximum absolute atomic E-state index is 13.1. The van der Waals surface area contributed by atoms with Gasteiger partial charge in [0.05, 0.1) is 0 Å². The van der Waals surface area contributed by atoms with Crippen molar-refractivity contribution in [2.24, 2.45) is 0 Å². The third kappa shape index (κ3) is 2.82. The highest BCUT2D eigenvalue weighted by atomic mass is 79.9. The lowest BCUT2D eigenvalue weighted by atomic mass is 10.1. The maximum Gasteiger partial charge on any atom is 0.165 e. The van der Waals surface area contributed by atoms with Crippen molar-refractivity contribution in [2.75, 3.05) is 5.32 Å². The number of aryl methyl sites for hydroxylation is 1. The lowest BCUT2D eigenvalue weighted by Gasteiger charge is -2.09.